The molecule has 2 saturated heterocycles. The van der Waals surface area contributed by atoms with Crippen LogP contribution in [0.5, 0.6) is 0 Å². The van der Waals surface area contributed by atoms with Gasteiger partial charge in [0.05, 0.1) is 11.6 Å². The number of nitrogens with zero attached hydrogens (tertiary/aromatic N) is 3. The maximum atomic E-state index is 12.6. The molecule has 0 aliphatic carbocycles. The Morgan fingerprint density at radius 1 is 1.12 bits per heavy atom. The van der Waals surface area contributed by atoms with E-state index in [9.17, 15) is 4.79 Å². The van der Waals surface area contributed by atoms with Crippen LogP contribution in [0, 0.1) is 11.3 Å². The van der Waals surface area contributed by atoms with E-state index in [1.54, 1.807) is 18.2 Å². The standard InChI is InChI=1S/C20H25N3O/c21-15-18-8-6-17(7-9-18)10-11-20(24)23-14-4-5-19(23)16-22-12-2-1-3-13-22/h6-11,19H,1-5,12-14,16H2/t19-/m0/s1. The van der Waals surface area contributed by atoms with Crippen molar-refractivity contribution in [2.75, 3.05) is 26.2 Å². The summed E-state index contributed by atoms with van der Waals surface area (Å²) in [6.07, 6.45) is 9.67. The molecule has 4 heteroatoms. The number of nitriles is 1. The molecule has 0 N–H and O–H groups in total. The SMILES string of the molecule is N#Cc1ccc(C=CC(=O)N2CCC[C@H]2CN2CCCCC2)cc1. The van der Waals surface area contributed by atoms with Crippen molar-refractivity contribution in [2.45, 2.75) is 38.1 Å². The lowest BCUT2D eigenvalue weighted by Crippen LogP contribution is -2.44. The van der Waals surface area contributed by atoms with E-state index in [1.807, 2.05) is 23.1 Å². The summed E-state index contributed by atoms with van der Waals surface area (Å²) in [5, 5.41) is 8.82. The van der Waals surface area contributed by atoms with Gasteiger partial charge >= 0.3 is 0 Å². The molecule has 2 aliphatic rings. The Morgan fingerprint density at radius 3 is 2.58 bits per heavy atom. The minimum Gasteiger partial charge on any atom is -0.335 e. The van der Waals surface area contributed by atoms with Gasteiger partial charge in [-0.2, -0.15) is 5.26 Å². The van der Waals surface area contributed by atoms with Crippen molar-refractivity contribution >= 4 is 12.0 Å². The van der Waals surface area contributed by atoms with Gasteiger partial charge in [0.1, 0.15) is 0 Å². The molecule has 24 heavy (non-hydrogen) atoms. The van der Waals surface area contributed by atoms with E-state index >= 15 is 0 Å². The van der Waals surface area contributed by atoms with Crippen LogP contribution in [0.25, 0.3) is 6.08 Å². The van der Waals surface area contributed by atoms with Crippen molar-refractivity contribution in [2.24, 2.45) is 0 Å². The van der Waals surface area contributed by atoms with E-state index in [0.717, 1.165) is 31.5 Å². The Kier molecular flexibility index (Phi) is 5.66. The molecule has 0 radical (unpaired) electrons. The minimum absolute atomic E-state index is 0.110. The smallest absolute Gasteiger partial charge is 0.246 e. The molecule has 3 rings (SSSR count). The van der Waals surface area contributed by atoms with Gasteiger partial charge in [-0.3, -0.25) is 4.79 Å². The third-order valence-electron chi connectivity index (χ3n) is 5.04. The lowest BCUT2D eigenvalue weighted by molar-refractivity contribution is -0.127. The van der Waals surface area contributed by atoms with E-state index < -0.39 is 0 Å². The first-order valence-corrected chi connectivity index (χ1v) is 8.97. The summed E-state index contributed by atoms with van der Waals surface area (Å²) in [6, 6.07) is 9.77. The molecule has 0 unspecified atom stereocenters. The lowest BCUT2D eigenvalue weighted by atomic mass is 10.1. The average molecular weight is 323 g/mol. The molecule has 0 aromatic heterocycles. The van der Waals surface area contributed by atoms with Gasteiger partial charge in [0.2, 0.25) is 5.91 Å². The van der Waals surface area contributed by atoms with E-state index in [1.165, 1.54) is 32.4 Å². The summed E-state index contributed by atoms with van der Waals surface area (Å²) < 4.78 is 0. The maximum Gasteiger partial charge on any atom is 0.246 e. The number of amides is 1. The van der Waals surface area contributed by atoms with Gasteiger partial charge in [0, 0.05) is 25.2 Å². The first kappa shape index (κ1) is 16.7. The number of hydrogen-bond donors (Lipinski definition) is 0. The second kappa shape index (κ2) is 8.12. The second-order valence-corrected chi connectivity index (χ2v) is 6.76. The number of hydrogen-bond acceptors (Lipinski definition) is 3. The number of carbonyl (C=O) groups is 1. The molecular formula is C20H25N3O. The molecule has 0 saturated carbocycles. The first-order chi connectivity index (χ1) is 11.8. The van der Waals surface area contributed by atoms with Crippen LogP contribution in [0.15, 0.2) is 30.3 Å². The van der Waals surface area contributed by atoms with Gasteiger partial charge in [0.25, 0.3) is 0 Å². The Bertz CT molecular complexity index is 623. The van der Waals surface area contributed by atoms with Crippen LogP contribution in [0.2, 0.25) is 0 Å². The van der Waals surface area contributed by atoms with Crippen molar-refractivity contribution in [1.82, 2.24) is 9.80 Å². The zero-order valence-electron chi connectivity index (χ0n) is 14.2. The van der Waals surface area contributed by atoms with Crippen LogP contribution in [-0.4, -0.2) is 47.9 Å². The van der Waals surface area contributed by atoms with Crippen LogP contribution < -0.4 is 0 Å². The molecule has 1 aromatic rings. The number of likely N-dealkylation sites (tertiary alicyclic amines) is 2. The van der Waals surface area contributed by atoms with Gasteiger partial charge in [-0.15, -0.1) is 0 Å². The Hall–Kier alpha value is -2.12. The molecule has 1 amide bonds. The van der Waals surface area contributed by atoms with Crippen molar-refractivity contribution in [3.63, 3.8) is 0 Å². The fraction of sp³-hybridized carbons (Fsp3) is 0.500. The highest BCUT2D eigenvalue weighted by Crippen LogP contribution is 2.21. The summed E-state index contributed by atoms with van der Waals surface area (Å²) >= 11 is 0. The van der Waals surface area contributed by atoms with Crippen molar-refractivity contribution in [3.8, 4) is 6.07 Å². The molecule has 2 aliphatic heterocycles. The van der Waals surface area contributed by atoms with Gasteiger partial charge in [0.15, 0.2) is 0 Å². The molecule has 126 valence electrons. The molecule has 0 bridgehead atoms. The van der Waals surface area contributed by atoms with E-state index in [4.69, 9.17) is 5.26 Å². The third-order valence-corrected chi connectivity index (χ3v) is 5.04. The first-order valence-electron chi connectivity index (χ1n) is 8.97. The summed E-state index contributed by atoms with van der Waals surface area (Å²) in [4.78, 5) is 17.1. The zero-order chi connectivity index (χ0) is 16.8. The Balaban J connectivity index is 1.58. The predicted octanol–water partition coefficient (Wildman–Crippen LogP) is 3.05. The van der Waals surface area contributed by atoms with Gasteiger partial charge in [-0.1, -0.05) is 18.6 Å². The van der Waals surface area contributed by atoms with Gasteiger partial charge in [-0.25, -0.2) is 0 Å². The van der Waals surface area contributed by atoms with Crippen molar-refractivity contribution < 1.29 is 4.79 Å². The molecular weight excluding hydrogens is 298 g/mol. The Labute approximate surface area is 144 Å². The number of benzene rings is 1. The molecule has 2 heterocycles. The highest BCUT2D eigenvalue weighted by Gasteiger charge is 2.29. The van der Waals surface area contributed by atoms with Crippen molar-refractivity contribution in [1.29, 1.82) is 5.26 Å². The molecule has 2 fully saturated rings. The van der Waals surface area contributed by atoms with Crippen LogP contribution in [0.4, 0.5) is 0 Å². The summed E-state index contributed by atoms with van der Waals surface area (Å²) in [5.74, 6) is 0.110. The van der Waals surface area contributed by atoms with E-state index in [2.05, 4.69) is 11.0 Å². The molecule has 0 spiro atoms. The zero-order valence-corrected chi connectivity index (χ0v) is 14.2. The number of carbonyl (C=O) groups excluding carboxylic acids is 1. The fourth-order valence-corrected chi connectivity index (χ4v) is 3.69. The second-order valence-electron chi connectivity index (χ2n) is 6.76. The predicted molar refractivity (Wildman–Crippen MR) is 95.2 cm³/mol. The van der Waals surface area contributed by atoms with E-state index in [0.29, 0.717) is 11.6 Å². The largest absolute Gasteiger partial charge is 0.335 e. The van der Waals surface area contributed by atoms with E-state index in [-0.39, 0.29) is 5.91 Å². The minimum atomic E-state index is 0.110. The molecule has 1 aromatic carbocycles. The number of rotatable bonds is 4. The monoisotopic (exact) mass is 323 g/mol. The normalized spacial score (nSPS) is 22.0. The highest BCUT2D eigenvalue weighted by atomic mass is 16.2. The molecule has 4 nitrogen and oxygen atoms in total. The van der Waals surface area contributed by atoms with Gasteiger partial charge < -0.3 is 9.80 Å². The average Bonchev–Trinajstić information content (AvgIpc) is 3.09. The highest BCUT2D eigenvalue weighted by molar-refractivity contribution is 5.92. The summed E-state index contributed by atoms with van der Waals surface area (Å²) in [6.45, 7) is 4.25. The van der Waals surface area contributed by atoms with Crippen LogP contribution in [0.3, 0.4) is 0 Å². The van der Waals surface area contributed by atoms with Crippen molar-refractivity contribution in [3.05, 3.63) is 41.5 Å². The summed E-state index contributed by atoms with van der Waals surface area (Å²) in [7, 11) is 0. The number of piperidine rings is 1. The lowest BCUT2D eigenvalue weighted by Gasteiger charge is -2.32. The fourth-order valence-electron chi connectivity index (χ4n) is 3.69. The van der Waals surface area contributed by atoms with Crippen LogP contribution >= 0.6 is 0 Å². The summed E-state index contributed by atoms with van der Waals surface area (Å²) in [5.41, 5.74) is 1.59. The molecule has 1 atom stereocenters. The quantitative estimate of drug-likeness (QED) is 0.800. The Morgan fingerprint density at radius 2 is 1.88 bits per heavy atom. The third kappa shape index (κ3) is 4.24. The van der Waals surface area contributed by atoms with Gasteiger partial charge in [-0.05, 0) is 62.5 Å². The van der Waals surface area contributed by atoms with Crippen LogP contribution in [0.1, 0.15) is 43.2 Å². The van der Waals surface area contributed by atoms with Crippen LogP contribution in [-0.2, 0) is 4.79 Å². The maximum absolute atomic E-state index is 12.6. The topological polar surface area (TPSA) is 47.3 Å².